The van der Waals surface area contributed by atoms with Gasteiger partial charge in [-0.25, -0.2) is 4.79 Å². The number of unbranched alkanes of at least 4 members (excludes halogenated alkanes) is 1. The SMILES string of the molecule is CC(C)(C)N(C(=O)CCCc1ccc(I)cc1)[C@@H](CCCCN)C(=O)O. The lowest BCUT2D eigenvalue weighted by Gasteiger charge is -2.40. The van der Waals surface area contributed by atoms with Gasteiger partial charge in [0.1, 0.15) is 6.04 Å². The molecule has 0 fully saturated rings. The number of carboxylic acid groups (broad SMARTS) is 1. The van der Waals surface area contributed by atoms with Gasteiger partial charge in [0, 0.05) is 15.5 Å². The molecule has 0 aliphatic rings. The van der Waals surface area contributed by atoms with Gasteiger partial charge in [0.2, 0.25) is 5.91 Å². The molecule has 146 valence electrons. The number of carbonyl (C=O) groups excluding carboxylic acids is 1. The van der Waals surface area contributed by atoms with Crippen LogP contribution in [0.2, 0.25) is 0 Å². The summed E-state index contributed by atoms with van der Waals surface area (Å²) in [5.74, 6) is -1.04. The molecule has 1 rings (SSSR count). The highest BCUT2D eigenvalue weighted by atomic mass is 127. The molecule has 0 unspecified atom stereocenters. The molecular weight excluding hydrogens is 443 g/mol. The lowest BCUT2D eigenvalue weighted by molar-refractivity contribution is -0.155. The molecule has 0 saturated heterocycles. The lowest BCUT2D eigenvalue weighted by Crippen LogP contribution is -2.54. The Morgan fingerprint density at radius 2 is 1.77 bits per heavy atom. The van der Waals surface area contributed by atoms with E-state index in [0.717, 1.165) is 12.8 Å². The van der Waals surface area contributed by atoms with Crippen LogP contribution in [0, 0.1) is 3.57 Å². The number of hydrogen-bond acceptors (Lipinski definition) is 3. The largest absolute Gasteiger partial charge is 0.480 e. The number of hydrogen-bond donors (Lipinski definition) is 2. The van der Waals surface area contributed by atoms with E-state index < -0.39 is 17.6 Å². The first-order valence-electron chi connectivity index (χ1n) is 9.16. The number of carboxylic acids is 1. The lowest BCUT2D eigenvalue weighted by atomic mass is 9.97. The van der Waals surface area contributed by atoms with Crippen molar-refractivity contribution in [2.75, 3.05) is 6.54 Å². The van der Waals surface area contributed by atoms with E-state index in [-0.39, 0.29) is 5.91 Å². The number of halogens is 1. The predicted molar refractivity (Wildman–Crippen MR) is 113 cm³/mol. The zero-order chi connectivity index (χ0) is 19.7. The Morgan fingerprint density at radius 3 is 2.27 bits per heavy atom. The molecule has 0 aromatic heterocycles. The Morgan fingerprint density at radius 1 is 1.15 bits per heavy atom. The number of nitrogens with zero attached hydrogens (tertiary/aromatic N) is 1. The van der Waals surface area contributed by atoms with Gasteiger partial charge in [0.15, 0.2) is 0 Å². The third-order valence-electron chi connectivity index (χ3n) is 4.29. The third kappa shape index (κ3) is 7.61. The highest BCUT2D eigenvalue weighted by molar-refractivity contribution is 14.1. The first-order chi connectivity index (χ1) is 12.2. The van der Waals surface area contributed by atoms with E-state index in [4.69, 9.17) is 5.73 Å². The molecule has 3 N–H and O–H groups in total. The Bertz CT molecular complexity index is 582. The fourth-order valence-corrected chi connectivity index (χ4v) is 3.44. The summed E-state index contributed by atoms with van der Waals surface area (Å²) in [5, 5.41) is 9.66. The van der Waals surface area contributed by atoms with Crippen molar-refractivity contribution in [2.24, 2.45) is 5.73 Å². The van der Waals surface area contributed by atoms with Gasteiger partial charge in [-0.3, -0.25) is 4.79 Å². The molecule has 5 nitrogen and oxygen atoms in total. The predicted octanol–water partition coefficient (Wildman–Crippen LogP) is 3.82. The average molecular weight is 474 g/mol. The second-order valence-electron chi connectivity index (χ2n) is 7.55. The van der Waals surface area contributed by atoms with Crippen molar-refractivity contribution in [1.29, 1.82) is 0 Å². The van der Waals surface area contributed by atoms with Crippen LogP contribution in [-0.4, -0.2) is 40.0 Å². The van der Waals surface area contributed by atoms with E-state index in [0.29, 0.717) is 32.2 Å². The van der Waals surface area contributed by atoms with Gasteiger partial charge in [-0.15, -0.1) is 0 Å². The van der Waals surface area contributed by atoms with Gasteiger partial charge in [0.05, 0.1) is 0 Å². The number of aliphatic carboxylic acids is 1. The molecule has 6 heteroatoms. The number of rotatable bonds is 10. The van der Waals surface area contributed by atoms with E-state index >= 15 is 0 Å². The Kier molecular flexibility index (Phi) is 9.57. The maximum Gasteiger partial charge on any atom is 0.326 e. The molecule has 0 heterocycles. The summed E-state index contributed by atoms with van der Waals surface area (Å²) in [4.78, 5) is 26.2. The number of nitrogens with two attached hydrogens (primary N) is 1. The van der Waals surface area contributed by atoms with Crippen LogP contribution in [0.3, 0.4) is 0 Å². The zero-order valence-corrected chi connectivity index (χ0v) is 18.2. The average Bonchev–Trinajstić information content (AvgIpc) is 2.54. The molecular formula is C20H31IN2O3. The minimum atomic E-state index is -0.942. The fraction of sp³-hybridized carbons (Fsp3) is 0.600. The van der Waals surface area contributed by atoms with Gasteiger partial charge in [0.25, 0.3) is 0 Å². The van der Waals surface area contributed by atoms with Crippen LogP contribution < -0.4 is 5.73 Å². The van der Waals surface area contributed by atoms with Crippen LogP contribution in [0.5, 0.6) is 0 Å². The summed E-state index contributed by atoms with van der Waals surface area (Å²) >= 11 is 2.26. The van der Waals surface area contributed by atoms with Crippen molar-refractivity contribution < 1.29 is 14.7 Å². The second kappa shape index (κ2) is 10.9. The van der Waals surface area contributed by atoms with Crippen molar-refractivity contribution >= 4 is 34.5 Å². The molecule has 0 spiro atoms. The van der Waals surface area contributed by atoms with Crippen LogP contribution in [-0.2, 0) is 16.0 Å². The van der Waals surface area contributed by atoms with Crippen molar-refractivity contribution in [1.82, 2.24) is 4.90 Å². The van der Waals surface area contributed by atoms with Crippen molar-refractivity contribution in [3.8, 4) is 0 Å². The fourth-order valence-electron chi connectivity index (χ4n) is 3.08. The van der Waals surface area contributed by atoms with Crippen LogP contribution in [0.4, 0.5) is 0 Å². The monoisotopic (exact) mass is 474 g/mol. The maximum absolute atomic E-state index is 12.8. The summed E-state index contributed by atoms with van der Waals surface area (Å²) in [6, 6.07) is 7.45. The van der Waals surface area contributed by atoms with Gasteiger partial charge in [-0.2, -0.15) is 0 Å². The molecule has 0 aliphatic carbocycles. The van der Waals surface area contributed by atoms with Crippen molar-refractivity contribution in [2.45, 2.75) is 70.9 Å². The van der Waals surface area contributed by atoms with Crippen LogP contribution in [0.1, 0.15) is 58.4 Å². The summed E-state index contributed by atoms with van der Waals surface area (Å²) in [6.07, 6.45) is 3.78. The number of aryl methyl sites for hydroxylation is 1. The van der Waals surface area contributed by atoms with Crippen molar-refractivity contribution in [3.63, 3.8) is 0 Å². The highest BCUT2D eigenvalue weighted by Crippen LogP contribution is 2.23. The smallest absolute Gasteiger partial charge is 0.326 e. The number of benzene rings is 1. The first-order valence-corrected chi connectivity index (χ1v) is 10.2. The second-order valence-corrected chi connectivity index (χ2v) is 8.80. The third-order valence-corrected chi connectivity index (χ3v) is 5.01. The van der Waals surface area contributed by atoms with E-state index in [9.17, 15) is 14.7 Å². The Labute approximate surface area is 170 Å². The quantitative estimate of drug-likeness (QED) is 0.399. The van der Waals surface area contributed by atoms with E-state index in [1.54, 1.807) is 4.90 Å². The van der Waals surface area contributed by atoms with Gasteiger partial charge >= 0.3 is 5.97 Å². The minimum Gasteiger partial charge on any atom is -0.480 e. The minimum absolute atomic E-state index is 0.0943. The molecule has 26 heavy (non-hydrogen) atoms. The van der Waals surface area contributed by atoms with Crippen molar-refractivity contribution in [3.05, 3.63) is 33.4 Å². The summed E-state index contributed by atoms with van der Waals surface area (Å²) < 4.78 is 1.18. The highest BCUT2D eigenvalue weighted by Gasteiger charge is 2.36. The molecule has 0 aliphatic heterocycles. The Balaban J connectivity index is 2.75. The van der Waals surface area contributed by atoms with Crippen LogP contribution in [0.25, 0.3) is 0 Å². The van der Waals surface area contributed by atoms with E-state index in [1.165, 1.54) is 9.13 Å². The van der Waals surface area contributed by atoms with Crippen LogP contribution in [0.15, 0.2) is 24.3 Å². The maximum atomic E-state index is 12.8. The normalized spacial score (nSPS) is 12.7. The number of carbonyl (C=O) groups is 2. The molecule has 1 atom stereocenters. The zero-order valence-electron chi connectivity index (χ0n) is 16.0. The first kappa shape index (κ1) is 22.9. The Hall–Kier alpha value is -1.15. The molecule has 0 saturated carbocycles. The molecule has 1 aromatic carbocycles. The molecule has 1 aromatic rings. The van der Waals surface area contributed by atoms with Gasteiger partial charge in [-0.1, -0.05) is 12.1 Å². The summed E-state index contributed by atoms with van der Waals surface area (Å²) in [5.41, 5.74) is 6.17. The van der Waals surface area contributed by atoms with Crippen LogP contribution >= 0.6 is 22.6 Å². The molecule has 0 bridgehead atoms. The van der Waals surface area contributed by atoms with E-state index in [2.05, 4.69) is 46.9 Å². The number of amides is 1. The molecule has 0 radical (unpaired) electrons. The van der Waals surface area contributed by atoms with E-state index in [1.807, 2.05) is 20.8 Å². The summed E-state index contributed by atoms with van der Waals surface area (Å²) in [7, 11) is 0. The molecule has 1 amide bonds. The summed E-state index contributed by atoms with van der Waals surface area (Å²) in [6.45, 7) is 6.21. The topological polar surface area (TPSA) is 83.6 Å². The standard InChI is InChI=1S/C20H31IN2O3/c1-20(2,3)23(17(19(25)26)8-4-5-14-22)18(24)9-6-7-15-10-12-16(21)13-11-15/h10-13,17H,4-9,14,22H2,1-3H3,(H,25,26)/t17-/m0/s1. The van der Waals surface area contributed by atoms with Gasteiger partial charge in [-0.05, 0) is 99.7 Å². The van der Waals surface area contributed by atoms with Gasteiger partial charge < -0.3 is 15.7 Å².